The molecule has 0 aliphatic carbocycles. The molecule has 2 N–H and O–H groups in total. The lowest BCUT2D eigenvalue weighted by Crippen LogP contribution is -2.47. The number of hydrogen-bond acceptors (Lipinski definition) is 4. The fraction of sp³-hybridized carbons (Fsp3) is 0.684. The molecule has 6 nitrogen and oxygen atoms in total. The zero-order chi connectivity index (χ0) is 17.7. The number of ether oxygens (including phenoxy) is 1. The largest absolute Gasteiger partial charge is 0.378 e. The maximum atomic E-state index is 5.73. The Bertz CT molecular complexity index is 486. The Kier molecular flexibility index (Phi) is 9.12. The van der Waals surface area contributed by atoms with E-state index >= 15 is 0 Å². The summed E-state index contributed by atoms with van der Waals surface area (Å²) >= 11 is 0. The number of guanidine groups is 1. The molecule has 0 unspecified atom stereocenters. The van der Waals surface area contributed by atoms with Gasteiger partial charge in [0.2, 0.25) is 0 Å². The average molecular weight is 348 g/mol. The van der Waals surface area contributed by atoms with Crippen molar-refractivity contribution in [2.75, 3.05) is 44.6 Å². The van der Waals surface area contributed by atoms with Gasteiger partial charge in [-0.1, -0.05) is 6.07 Å². The number of piperidine rings is 1. The fourth-order valence-corrected chi connectivity index (χ4v) is 3.00. The molecule has 0 spiro atoms. The smallest absolute Gasteiger partial charge is 0.193 e. The third-order valence-electron chi connectivity index (χ3n) is 4.30. The van der Waals surface area contributed by atoms with E-state index in [1.54, 1.807) is 0 Å². The molecule has 2 rings (SSSR count). The van der Waals surface area contributed by atoms with Gasteiger partial charge in [-0.05, 0) is 51.7 Å². The fourth-order valence-electron chi connectivity index (χ4n) is 3.00. The van der Waals surface area contributed by atoms with E-state index in [1.807, 2.05) is 24.4 Å². The van der Waals surface area contributed by atoms with E-state index in [0.29, 0.717) is 6.10 Å². The van der Waals surface area contributed by atoms with E-state index in [0.717, 1.165) is 76.8 Å². The first kappa shape index (κ1) is 19.5. The molecule has 0 atom stereocenters. The number of hydrogen-bond donors (Lipinski definition) is 2. The molecule has 0 bridgehead atoms. The Balaban J connectivity index is 1.67. The lowest BCUT2D eigenvalue weighted by Gasteiger charge is -2.34. The van der Waals surface area contributed by atoms with E-state index in [-0.39, 0.29) is 0 Å². The molecule has 140 valence electrons. The number of nitrogens with one attached hydrogen (secondary N) is 2. The Morgan fingerprint density at radius 3 is 2.80 bits per heavy atom. The summed E-state index contributed by atoms with van der Waals surface area (Å²) in [5, 5.41) is 6.76. The van der Waals surface area contributed by atoms with Gasteiger partial charge in [0, 0.05) is 45.5 Å². The van der Waals surface area contributed by atoms with Crippen molar-refractivity contribution in [2.45, 2.75) is 45.6 Å². The summed E-state index contributed by atoms with van der Waals surface area (Å²) in [4.78, 5) is 11.4. The molecule has 1 aliphatic heterocycles. The summed E-state index contributed by atoms with van der Waals surface area (Å²) in [6.45, 7) is 9.76. The first-order chi connectivity index (χ1) is 12.3. The van der Waals surface area contributed by atoms with Gasteiger partial charge in [-0.2, -0.15) is 0 Å². The molecule has 1 aromatic rings. The Labute approximate surface area is 152 Å². The number of pyridine rings is 1. The lowest BCUT2D eigenvalue weighted by atomic mass is 10.1. The number of aromatic nitrogens is 1. The van der Waals surface area contributed by atoms with Crippen LogP contribution in [0, 0.1) is 0 Å². The molecule has 6 heteroatoms. The summed E-state index contributed by atoms with van der Waals surface area (Å²) in [5.41, 5.74) is 0. The highest BCUT2D eigenvalue weighted by atomic mass is 16.5. The van der Waals surface area contributed by atoms with Crippen LogP contribution in [0.3, 0.4) is 0 Å². The van der Waals surface area contributed by atoms with Gasteiger partial charge in [-0.25, -0.2) is 4.98 Å². The third kappa shape index (κ3) is 7.30. The van der Waals surface area contributed by atoms with Gasteiger partial charge in [0.05, 0.1) is 6.10 Å². The van der Waals surface area contributed by atoms with E-state index in [1.165, 1.54) is 0 Å². The van der Waals surface area contributed by atoms with Gasteiger partial charge in [0.1, 0.15) is 5.82 Å². The second kappa shape index (κ2) is 11.7. The second-order valence-corrected chi connectivity index (χ2v) is 6.23. The Morgan fingerprint density at radius 2 is 2.12 bits per heavy atom. The number of nitrogens with zero attached hydrogens (tertiary/aromatic N) is 3. The molecule has 0 radical (unpaired) electrons. The summed E-state index contributed by atoms with van der Waals surface area (Å²) in [6.07, 6.45) is 6.57. The van der Waals surface area contributed by atoms with Crippen molar-refractivity contribution >= 4 is 11.8 Å². The van der Waals surface area contributed by atoms with Crippen LogP contribution in [0.2, 0.25) is 0 Å². The van der Waals surface area contributed by atoms with Crippen LogP contribution in [-0.4, -0.2) is 61.3 Å². The summed E-state index contributed by atoms with van der Waals surface area (Å²) in [7, 11) is 0. The van der Waals surface area contributed by atoms with Crippen molar-refractivity contribution < 1.29 is 4.74 Å². The number of likely N-dealkylation sites (tertiary alicyclic amines) is 1. The number of rotatable bonds is 9. The first-order valence-electron chi connectivity index (χ1n) is 9.63. The average Bonchev–Trinajstić information content (AvgIpc) is 2.65. The van der Waals surface area contributed by atoms with E-state index in [2.05, 4.69) is 34.4 Å². The van der Waals surface area contributed by atoms with Crippen LogP contribution in [0.4, 0.5) is 5.82 Å². The highest BCUT2D eigenvalue weighted by molar-refractivity contribution is 5.80. The monoisotopic (exact) mass is 347 g/mol. The molecule has 25 heavy (non-hydrogen) atoms. The van der Waals surface area contributed by atoms with Crippen molar-refractivity contribution in [3.63, 3.8) is 0 Å². The predicted molar refractivity (Wildman–Crippen MR) is 104 cm³/mol. The van der Waals surface area contributed by atoms with Crippen LogP contribution in [0.5, 0.6) is 0 Å². The van der Waals surface area contributed by atoms with Crippen molar-refractivity contribution in [1.29, 1.82) is 0 Å². The van der Waals surface area contributed by atoms with Gasteiger partial charge in [0.15, 0.2) is 5.96 Å². The van der Waals surface area contributed by atoms with Crippen LogP contribution in [-0.2, 0) is 4.74 Å². The Hall–Kier alpha value is -1.82. The number of aliphatic imine (C=N–C) groups is 1. The van der Waals surface area contributed by atoms with Crippen molar-refractivity contribution in [1.82, 2.24) is 15.2 Å². The zero-order valence-electron chi connectivity index (χ0n) is 15.7. The Morgan fingerprint density at radius 1 is 1.28 bits per heavy atom. The first-order valence-corrected chi connectivity index (χ1v) is 9.63. The van der Waals surface area contributed by atoms with Crippen molar-refractivity contribution in [3.05, 3.63) is 24.4 Å². The molecule has 1 fully saturated rings. The van der Waals surface area contributed by atoms with Gasteiger partial charge in [-0.15, -0.1) is 0 Å². The number of unbranched alkanes of at least 4 members (excludes halogenated alkanes) is 1. The summed E-state index contributed by atoms with van der Waals surface area (Å²) in [5.74, 6) is 1.99. The van der Waals surface area contributed by atoms with Crippen LogP contribution in [0.1, 0.15) is 39.5 Å². The van der Waals surface area contributed by atoms with E-state index in [9.17, 15) is 0 Å². The third-order valence-corrected chi connectivity index (χ3v) is 4.30. The molecular formula is C19H33N5O. The summed E-state index contributed by atoms with van der Waals surface area (Å²) in [6, 6.07) is 5.92. The standard InChI is InChI=1S/C19H33N5O/c1-3-20-19(24-15-10-17(11-16-24)25-4-2)23-14-8-7-13-22-18-9-5-6-12-21-18/h5-6,9,12,17H,3-4,7-8,10-11,13-16H2,1-2H3,(H,20,23)(H,21,22). The maximum absolute atomic E-state index is 5.73. The van der Waals surface area contributed by atoms with Gasteiger partial charge >= 0.3 is 0 Å². The predicted octanol–water partition coefficient (Wildman–Crippen LogP) is 2.74. The molecular weight excluding hydrogens is 314 g/mol. The molecule has 0 saturated carbocycles. The van der Waals surface area contributed by atoms with Crippen LogP contribution in [0.25, 0.3) is 0 Å². The highest BCUT2D eigenvalue weighted by Crippen LogP contribution is 2.13. The molecule has 1 aromatic heterocycles. The van der Waals surface area contributed by atoms with Crippen molar-refractivity contribution in [2.24, 2.45) is 4.99 Å². The molecule has 2 heterocycles. The SMILES string of the molecule is CCNC(=NCCCCNc1ccccn1)N1CCC(OCC)CC1. The topological polar surface area (TPSA) is 61.8 Å². The van der Waals surface area contributed by atoms with Gasteiger partial charge < -0.3 is 20.3 Å². The van der Waals surface area contributed by atoms with E-state index < -0.39 is 0 Å². The van der Waals surface area contributed by atoms with Gasteiger partial charge in [0.25, 0.3) is 0 Å². The highest BCUT2D eigenvalue weighted by Gasteiger charge is 2.21. The normalized spacial score (nSPS) is 16.1. The van der Waals surface area contributed by atoms with Crippen LogP contribution in [0.15, 0.2) is 29.4 Å². The molecule has 1 aliphatic rings. The van der Waals surface area contributed by atoms with E-state index in [4.69, 9.17) is 9.73 Å². The maximum Gasteiger partial charge on any atom is 0.193 e. The minimum absolute atomic E-state index is 0.418. The lowest BCUT2D eigenvalue weighted by molar-refractivity contribution is 0.0264. The van der Waals surface area contributed by atoms with Crippen molar-refractivity contribution in [3.8, 4) is 0 Å². The number of anilines is 1. The quantitative estimate of drug-likeness (QED) is 0.409. The molecule has 0 amide bonds. The van der Waals surface area contributed by atoms with Crippen LogP contribution >= 0.6 is 0 Å². The summed E-state index contributed by atoms with van der Waals surface area (Å²) < 4.78 is 5.73. The minimum Gasteiger partial charge on any atom is -0.378 e. The molecule has 0 aromatic carbocycles. The zero-order valence-corrected chi connectivity index (χ0v) is 15.7. The second-order valence-electron chi connectivity index (χ2n) is 6.23. The van der Waals surface area contributed by atoms with Gasteiger partial charge in [-0.3, -0.25) is 4.99 Å². The molecule has 1 saturated heterocycles. The van der Waals surface area contributed by atoms with Crippen LogP contribution < -0.4 is 10.6 Å². The minimum atomic E-state index is 0.418.